The van der Waals surface area contributed by atoms with Gasteiger partial charge in [-0.15, -0.1) is 11.3 Å². The Morgan fingerprint density at radius 3 is 2.42 bits per heavy atom. The van der Waals surface area contributed by atoms with E-state index in [0.717, 1.165) is 16.0 Å². The van der Waals surface area contributed by atoms with Gasteiger partial charge >= 0.3 is 5.97 Å². The van der Waals surface area contributed by atoms with Crippen LogP contribution >= 0.6 is 11.3 Å². The third-order valence-corrected chi connectivity index (χ3v) is 5.92. The summed E-state index contributed by atoms with van der Waals surface area (Å²) in [5, 5.41) is 1.98. The van der Waals surface area contributed by atoms with Gasteiger partial charge in [-0.05, 0) is 62.0 Å². The van der Waals surface area contributed by atoms with Crippen LogP contribution in [-0.2, 0) is 16.0 Å². The Kier molecular flexibility index (Phi) is 7.76. The van der Waals surface area contributed by atoms with Crippen LogP contribution in [0.4, 0.5) is 0 Å². The van der Waals surface area contributed by atoms with Crippen molar-refractivity contribution in [1.29, 1.82) is 0 Å². The summed E-state index contributed by atoms with van der Waals surface area (Å²) in [5.41, 5.74) is 0.817. The number of thiophene rings is 1. The largest absolute Gasteiger partial charge is 0.496 e. The summed E-state index contributed by atoms with van der Waals surface area (Å²) < 4.78 is 22.1. The molecule has 0 radical (unpaired) electrons. The first-order chi connectivity index (χ1) is 15.8. The molecule has 0 atom stereocenters. The molecular formula is C26H28O6S. The molecule has 0 bridgehead atoms. The molecule has 2 aromatic carbocycles. The minimum absolute atomic E-state index is 0.109. The van der Waals surface area contributed by atoms with Gasteiger partial charge in [-0.25, -0.2) is 4.79 Å². The summed E-state index contributed by atoms with van der Waals surface area (Å²) in [6, 6.07) is 14.7. The van der Waals surface area contributed by atoms with E-state index >= 15 is 0 Å². The molecule has 0 saturated carbocycles. The Morgan fingerprint density at radius 2 is 1.79 bits per heavy atom. The summed E-state index contributed by atoms with van der Waals surface area (Å²) in [7, 11) is 3.08. The lowest BCUT2D eigenvalue weighted by atomic mass is 9.98. The Morgan fingerprint density at radius 1 is 1.00 bits per heavy atom. The van der Waals surface area contributed by atoms with Gasteiger partial charge in [0.15, 0.2) is 11.4 Å². The monoisotopic (exact) mass is 468 g/mol. The smallest absolute Gasteiger partial charge is 0.349 e. The van der Waals surface area contributed by atoms with Crippen LogP contribution in [-0.4, -0.2) is 38.2 Å². The SMILES string of the molecule is CCOC(=O)C(C)(C)Oc1cccc(CC(=O)c2c(OC)ccc(-c3cccs3)c2OC)c1. The Bertz CT molecular complexity index is 1120. The first-order valence-electron chi connectivity index (χ1n) is 10.6. The van der Waals surface area contributed by atoms with Gasteiger partial charge in [0.1, 0.15) is 22.8 Å². The molecule has 0 amide bonds. The molecule has 174 valence electrons. The molecule has 1 heterocycles. The number of esters is 1. The highest BCUT2D eigenvalue weighted by Crippen LogP contribution is 2.40. The Balaban J connectivity index is 1.90. The van der Waals surface area contributed by atoms with Gasteiger partial charge in [-0.2, -0.15) is 0 Å². The summed E-state index contributed by atoms with van der Waals surface area (Å²) in [5.74, 6) is 0.811. The summed E-state index contributed by atoms with van der Waals surface area (Å²) in [6.45, 7) is 5.31. The molecule has 0 aliphatic carbocycles. The second-order valence-electron chi connectivity index (χ2n) is 7.78. The van der Waals surface area contributed by atoms with Crippen LogP contribution in [0.5, 0.6) is 17.2 Å². The van der Waals surface area contributed by atoms with Crippen LogP contribution in [0, 0.1) is 0 Å². The van der Waals surface area contributed by atoms with Crippen molar-refractivity contribution in [3.05, 3.63) is 65.0 Å². The highest BCUT2D eigenvalue weighted by Gasteiger charge is 2.31. The molecular weight excluding hydrogens is 440 g/mol. The zero-order valence-corrected chi connectivity index (χ0v) is 20.3. The third-order valence-electron chi connectivity index (χ3n) is 5.01. The molecule has 0 N–H and O–H groups in total. The van der Waals surface area contributed by atoms with Crippen LogP contribution < -0.4 is 14.2 Å². The molecule has 1 aromatic heterocycles. The fraction of sp³-hybridized carbons (Fsp3) is 0.308. The maximum Gasteiger partial charge on any atom is 0.349 e. The second kappa shape index (κ2) is 10.5. The lowest BCUT2D eigenvalue weighted by Gasteiger charge is -2.24. The molecule has 7 heteroatoms. The van der Waals surface area contributed by atoms with E-state index in [0.29, 0.717) is 22.8 Å². The Hall–Kier alpha value is -3.32. The van der Waals surface area contributed by atoms with Crippen LogP contribution in [0.3, 0.4) is 0 Å². The standard InChI is InChI=1S/C26H28O6S/c1-6-31-25(28)26(2,3)32-18-10-7-9-17(15-18)16-20(27)23-21(29-4)13-12-19(24(23)30-5)22-11-8-14-33-22/h7-15H,6,16H2,1-5H3. The fourth-order valence-electron chi connectivity index (χ4n) is 3.47. The number of benzene rings is 2. The molecule has 0 unspecified atom stereocenters. The van der Waals surface area contributed by atoms with Crippen molar-refractivity contribution in [3.63, 3.8) is 0 Å². The second-order valence-corrected chi connectivity index (χ2v) is 8.73. The Labute approximate surface area is 198 Å². The number of carbonyl (C=O) groups excluding carboxylic acids is 2. The van der Waals surface area contributed by atoms with Crippen molar-refractivity contribution in [2.45, 2.75) is 32.8 Å². The molecule has 0 fully saturated rings. The molecule has 0 aliphatic rings. The first-order valence-corrected chi connectivity index (χ1v) is 11.5. The maximum absolute atomic E-state index is 13.4. The van der Waals surface area contributed by atoms with Gasteiger partial charge in [0.2, 0.25) is 0 Å². The van der Waals surface area contributed by atoms with E-state index < -0.39 is 11.6 Å². The van der Waals surface area contributed by atoms with Crippen molar-refractivity contribution in [2.24, 2.45) is 0 Å². The van der Waals surface area contributed by atoms with E-state index in [1.807, 2.05) is 29.6 Å². The van der Waals surface area contributed by atoms with E-state index in [1.165, 1.54) is 7.11 Å². The highest BCUT2D eigenvalue weighted by molar-refractivity contribution is 7.13. The number of hydrogen-bond donors (Lipinski definition) is 0. The molecule has 0 aliphatic heterocycles. The quantitative estimate of drug-likeness (QED) is 0.286. The number of carbonyl (C=O) groups is 2. The number of ether oxygens (including phenoxy) is 4. The van der Waals surface area contributed by atoms with E-state index in [-0.39, 0.29) is 18.8 Å². The number of rotatable bonds is 10. The van der Waals surface area contributed by atoms with Crippen molar-refractivity contribution in [3.8, 4) is 27.7 Å². The third kappa shape index (κ3) is 5.54. The maximum atomic E-state index is 13.4. The van der Waals surface area contributed by atoms with Crippen LogP contribution in [0.1, 0.15) is 36.7 Å². The number of methoxy groups -OCH3 is 2. The molecule has 0 saturated heterocycles. The van der Waals surface area contributed by atoms with Gasteiger partial charge in [0, 0.05) is 16.9 Å². The van der Waals surface area contributed by atoms with Gasteiger partial charge in [0.25, 0.3) is 0 Å². The summed E-state index contributed by atoms with van der Waals surface area (Å²) >= 11 is 1.57. The minimum atomic E-state index is -1.15. The van der Waals surface area contributed by atoms with Gasteiger partial charge in [-0.1, -0.05) is 18.2 Å². The molecule has 3 aromatic rings. The van der Waals surface area contributed by atoms with Crippen molar-refractivity contribution < 1.29 is 28.5 Å². The average Bonchev–Trinajstić information content (AvgIpc) is 3.32. The van der Waals surface area contributed by atoms with Crippen molar-refractivity contribution >= 4 is 23.1 Å². The average molecular weight is 469 g/mol. The number of hydrogen-bond acceptors (Lipinski definition) is 7. The molecule has 3 rings (SSSR count). The molecule has 0 spiro atoms. The zero-order valence-electron chi connectivity index (χ0n) is 19.5. The lowest BCUT2D eigenvalue weighted by molar-refractivity contribution is -0.158. The predicted molar refractivity (Wildman–Crippen MR) is 129 cm³/mol. The zero-order chi connectivity index (χ0) is 24.0. The van der Waals surface area contributed by atoms with Crippen molar-refractivity contribution in [1.82, 2.24) is 0 Å². The lowest BCUT2D eigenvalue weighted by Crippen LogP contribution is -2.39. The van der Waals surface area contributed by atoms with E-state index in [9.17, 15) is 9.59 Å². The van der Waals surface area contributed by atoms with Crippen molar-refractivity contribution in [2.75, 3.05) is 20.8 Å². The minimum Gasteiger partial charge on any atom is -0.496 e. The van der Waals surface area contributed by atoms with Crippen LogP contribution in [0.15, 0.2) is 53.9 Å². The van der Waals surface area contributed by atoms with E-state index in [4.69, 9.17) is 18.9 Å². The number of Topliss-reactive ketones (excluding diaryl/α,β-unsaturated/α-hetero) is 1. The van der Waals surface area contributed by atoms with E-state index in [1.54, 1.807) is 63.5 Å². The van der Waals surface area contributed by atoms with Gasteiger partial charge < -0.3 is 18.9 Å². The molecule has 33 heavy (non-hydrogen) atoms. The fourth-order valence-corrected chi connectivity index (χ4v) is 4.22. The topological polar surface area (TPSA) is 71.1 Å². The number of ketones is 1. The molecule has 6 nitrogen and oxygen atoms in total. The first kappa shape index (κ1) is 24.3. The van der Waals surface area contributed by atoms with Crippen LogP contribution in [0.2, 0.25) is 0 Å². The van der Waals surface area contributed by atoms with Crippen LogP contribution in [0.25, 0.3) is 10.4 Å². The highest BCUT2D eigenvalue weighted by atomic mass is 32.1. The van der Waals surface area contributed by atoms with Gasteiger partial charge in [-0.3, -0.25) is 4.79 Å². The summed E-state index contributed by atoms with van der Waals surface area (Å²) in [6.07, 6.45) is 0.109. The van der Waals surface area contributed by atoms with Gasteiger partial charge in [0.05, 0.1) is 20.8 Å². The normalized spacial score (nSPS) is 11.1. The van der Waals surface area contributed by atoms with E-state index in [2.05, 4.69) is 0 Å². The predicted octanol–water partition coefficient (Wildman–Crippen LogP) is 5.58. The summed E-state index contributed by atoms with van der Waals surface area (Å²) in [4.78, 5) is 26.6.